The summed E-state index contributed by atoms with van der Waals surface area (Å²) in [6.07, 6.45) is 0.632. The monoisotopic (exact) mass is 247 g/mol. The normalized spacial score (nSPS) is 10.2. The molecule has 0 saturated heterocycles. The van der Waals surface area contributed by atoms with Crippen LogP contribution in [0.5, 0.6) is 0 Å². The van der Waals surface area contributed by atoms with Crippen LogP contribution in [0.2, 0.25) is 0 Å². The lowest BCUT2D eigenvalue weighted by atomic mass is 10.1. The molecule has 0 aliphatic carbocycles. The predicted molar refractivity (Wildman–Crippen MR) is 72.3 cm³/mol. The van der Waals surface area contributed by atoms with E-state index in [4.69, 9.17) is 0 Å². The van der Waals surface area contributed by atoms with E-state index in [-0.39, 0.29) is 11.7 Å². The number of carbonyl (C=O) groups is 2. The van der Waals surface area contributed by atoms with Gasteiger partial charge in [-0.25, -0.2) is 0 Å². The van der Waals surface area contributed by atoms with Crippen LogP contribution in [-0.2, 0) is 16.1 Å². The third kappa shape index (κ3) is 4.32. The van der Waals surface area contributed by atoms with E-state index in [1.165, 1.54) is 18.1 Å². The second kappa shape index (κ2) is 6.34. The topological polar surface area (TPSA) is 37.4 Å². The van der Waals surface area contributed by atoms with Crippen LogP contribution in [-0.4, -0.2) is 23.6 Å². The smallest absolute Gasteiger partial charge is 0.223 e. The molecule has 0 heterocycles. The van der Waals surface area contributed by atoms with Crippen molar-refractivity contribution in [2.45, 2.75) is 40.2 Å². The van der Waals surface area contributed by atoms with Crippen molar-refractivity contribution >= 4 is 11.7 Å². The second-order valence-corrected chi connectivity index (χ2v) is 4.87. The SMILES string of the molecule is CC(=O)CCC(=O)N(C)Cc1ccc(C)c(C)c1. The Hall–Kier alpha value is -1.64. The van der Waals surface area contributed by atoms with Gasteiger partial charge in [0.15, 0.2) is 0 Å². The fourth-order valence-corrected chi connectivity index (χ4v) is 1.74. The summed E-state index contributed by atoms with van der Waals surface area (Å²) in [5.74, 6) is 0.0753. The largest absolute Gasteiger partial charge is 0.341 e. The van der Waals surface area contributed by atoms with Crippen LogP contribution in [0.25, 0.3) is 0 Å². The van der Waals surface area contributed by atoms with Crippen LogP contribution in [0.1, 0.15) is 36.5 Å². The van der Waals surface area contributed by atoms with Gasteiger partial charge in [0.2, 0.25) is 5.91 Å². The lowest BCUT2D eigenvalue weighted by Gasteiger charge is -2.17. The maximum atomic E-state index is 11.8. The van der Waals surface area contributed by atoms with Crippen LogP contribution in [0.15, 0.2) is 18.2 Å². The van der Waals surface area contributed by atoms with Crippen molar-refractivity contribution in [1.82, 2.24) is 4.90 Å². The Bertz CT molecular complexity index is 452. The van der Waals surface area contributed by atoms with E-state index >= 15 is 0 Å². The van der Waals surface area contributed by atoms with E-state index in [0.29, 0.717) is 19.4 Å². The number of benzene rings is 1. The van der Waals surface area contributed by atoms with E-state index in [1.54, 1.807) is 11.9 Å². The zero-order valence-electron chi connectivity index (χ0n) is 11.6. The molecule has 0 fully saturated rings. The van der Waals surface area contributed by atoms with E-state index in [2.05, 4.69) is 26.0 Å². The molecule has 98 valence electrons. The van der Waals surface area contributed by atoms with Gasteiger partial charge in [-0.1, -0.05) is 18.2 Å². The first-order chi connectivity index (χ1) is 8.40. The fourth-order valence-electron chi connectivity index (χ4n) is 1.74. The number of ketones is 1. The van der Waals surface area contributed by atoms with Crippen molar-refractivity contribution in [2.75, 3.05) is 7.05 Å². The molecule has 1 rings (SSSR count). The minimum atomic E-state index is 0.0171. The van der Waals surface area contributed by atoms with E-state index in [1.807, 2.05) is 6.07 Å². The minimum Gasteiger partial charge on any atom is -0.341 e. The molecule has 1 amide bonds. The first kappa shape index (κ1) is 14.4. The van der Waals surface area contributed by atoms with Crippen molar-refractivity contribution in [3.05, 3.63) is 34.9 Å². The number of aryl methyl sites for hydroxylation is 2. The maximum absolute atomic E-state index is 11.8. The van der Waals surface area contributed by atoms with Gasteiger partial charge in [0.1, 0.15) is 5.78 Å². The van der Waals surface area contributed by atoms with E-state index in [9.17, 15) is 9.59 Å². The first-order valence-electron chi connectivity index (χ1n) is 6.19. The summed E-state index contributed by atoms with van der Waals surface area (Å²) < 4.78 is 0. The van der Waals surface area contributed by atoms with Gasteiger partial charge < -0.3 is 9.69 Å². The molecule has 0 N–H and O–H groups in total. The van der Waals surface area contributed by atoms with Gasteiger partial charge in [0.25, 0.3) is 0 Å². The minimum absolute atomic E-state index is 0.0171. The van der Waals surface area contributed by atoms with Gasteiger partial charge in [0.05, 0.1) is 0 Å². The molecule has 3 heteroatoms. The molecule has 18 heavy (non-hydrogen) atoms. The third-order valence-electron chi connectivity index (χ3n) is 3.11. The van der Waals surface area contributed by atoms with Crippen LogP contribution in [0.3, 0.4) is 0 Å². The van der Waals surface area contributed by atoms with Gasteiger partial charge >= 0.3 is 0 Å². The molecule has 1 aromatic carbocycles. The molecular formula is C15H21NO2. The van der Waals surface area contributed by atoms with Crippen LogP contribution < -0.4 is 0 Å². The number of hydrogen-bond donors (Lipinski definition) is 0. The number of carbonyl (C=O) groups excluding carboxylic acids is 2. The molecule has 0 spiro atoms. The summed E-state index contributed by atoms with van der Waals surface area (Å²) in [7, 11) is 1.78. The molecule has 0 aromatic heterocycles. The maximum Gasteiger partial charge on any atom is 0.223 e. The van der Waals surface area contributed by atoms with Gasteiger partial charge in [0, 0.05) is 26.4 Å². The van der Waals surface area contributed by atoms with Crippen molar-refractivity contribution in [3.63, 3.8) is 0 Å². The third-order valence-corrected chi connectivity index (χ3v) is 3.11. The average molecular weight is 247 g/mol. The summed E-state index contributed by atoms with van der Waals surface area (Å²) in [5.41, 5.74) is 3.61. The summed E-state index contributed by atoms with van der Waals surface area (Å²) in [6, 6.07) is 6.21. The standard InChI is InChI=1S/C15H21NO2/c1-11-5-7-14(9-12(11)2)10-16(4)15(18)8-6-13(3)17/h5,7,9H,6,8,10H2,1-4H3. The fraction of sp³-hybridized carbons (Fsp3) is 0.467. The highest BCUT2D eigenvalue weighted by Gasteiger charge is 2.10. The van der Waals surface area contributed by atoms with Gasteiger partial charge in [-0.3, -0.25) is 4.79 Å². The number of hydrogen-bond acceptors (Lipinski definition) is 2. The Kier molecular flexibility index (Phi) is 5.08. The van der Waals surface area contributed by atoms with Gasteiger partial charge in [-0.2, -0.15) is 0 Å². The first-order valence-corrected chi connectivity index (χ1v) is 6.19. The molecular weight excluding hydrogens is 226 g/mol. The molecule has 3 nitrogen and oxygen atoms in total. The predicted octanol–water partition coefficient (Wildman–Crippen LogP) is 2.63. The van der Waals surface area contributed by atoms with Crippen molar-refractivity contribution in [2.24, 2.45) is 0 Å². The lowest BCUT2D eigenvalue weighted by molar-refractivity contribution is -0.132. The molecule has 0 aliphatic rings. The van der Waals surface area contributed by atoms with Gasteiger partial charge in [-0.05, 0) is 37.5 Å². The number of nitrogens with zero attached hydrogens (tertiary/aromatic N) is 1. The Morgan fingerprint density at radius 1 is 1.11 bits per heavy atom. The number of amides is 1. The van der Waals surface area contributed by atoms with E-state index in [0.717, 1.165) is 5.56 Å². The number of rotatable bonds is 5. The zero-order valence-corrected chi connectivity index (χ0v) is 11.6. The molecule has 0 saturated carbocycles. The van der Waals surface area contributed by atoms with Crippen molar-refractivity contribution in [3.8, 4) is 0 Å². The summed E-state index contributed by atoms with van der Waals surface area (Å²) in [4.78, 5) is 24.3. The zero-order chi connectivity index (χ0) is 13.7. The molecule has 0 aliphatic heterocycles. The summed E-state index contributed by atoms with van der Waals surface area (Å²) in [5, 5.41) is 0. The second-order valence-electron chi connectivity index (χ2n) is 4.87. The summed E-state index contributed by atoms with van der Waals surface area (Å²) >= 11 is 0. The highest BCUT2D eigenvalue weighted by molar-refractivity contribution is 5.83. The van der Waals surface area contributed by atoms with Crippen LogP contribution in [0, 0.1) is 13.8 Å². The molecule has 0 atom stereocenters. The lowest BCUT2D eigenvalue weighted by Crippen LogP contribution is -2.26. The van der Waals surface area contributed by atoms with Crippen molar-refractivity contribution < 1.29 is 9.59 Å². The summed E-state index contributed by atoms with van der Waals surface area (Å²) in [6.45, 7) is 6.24. The number of Topliss-reactive ketones (excluding diaryl/α,β-unsaturated/α-hetero) is 1. The highest BCUT2D eigenvalue weighted by atomic mass is 16.2. The van der Waals surface area contributed by atoms with Crippen LogP contribution in [0.4, 0.5) is 0 Å². The Balaban J connectivity index is 2.58. The molecule has 1 aromatic rings. The molecule has 0 bridgehead atoms. The Morgan fingerprint density at radius 3 is 2.33 bits per heavy atom. The Labute approximate surface area is 109 Å². The van der Waals surface area contributed by atoms with E-state index < -0.39 is 0 Å². The Morgan fingerprint density at radius 2 is 1.78 bits per heavy atom. The quantitative estimate of drug-likeness (QED) is 0.802. The van der Waals surface area contributed by atoms with Crippen molar-refractivity contribution in [1.29, 1.82) is 0 Å². The van der Waals surface area contributed by atoms with Gasteiger partial charge in [-0.15, -0.1) is 0 Å². The van der Waals surface area contributed by atoms with Crippen LogP contribution >= 0.6 is 0 Å². The highest BCUT2D eigenvalue weighted by Crippen LogP contribution is 2.12. The average Bonchev–Trinajstić information content (AvgIpc) is 2.30. The molecule has 0 radical (unpaired) electrons. The molecule has 0 unspecified atom stereocenters.